The van der Waals surface area contributed by atoms with E-state index in [1.807, 2.05) is 18.7 Å². The first-order chi connectivity index (χ1) is 11.1. The number of carbonyl (C=O) groups is 2. The Kier molecular flexibility index (Phi) is 5.54. The van der Waals surface area contributed by atoms with Crippen molar-refractivity contribution in [3.8, 4) is 6.07 Å². The predicted octanol–water partition coefficient (Wildman–Crippen LogP) is 2.71. The molecule has 0 spiro atoms. The molecule has 1 N–H and O–H groups in total. The standard InChI is InChI=1S/C18H29N3O2S/c1-12(2)24-17(4,5)14(15(22)21-10-6-7-13(21)3)20-16(23)18(11-19)8-9-18/h12-14H,6-10H2,1-5H3,(H,20,23). The highest BCUT2D eigenvalue weighted by Crippen LogP contribution is 2.45. The molecule has 1 saturated carbocycles. The maximum atomic E-state index is 13.2. The first-order valence-electron chi connectivity index (χ1n) is 8.83. The van der Waals surface area contributed by atoms with Gasteiger partial charge >= 0.3 is 0 Å². The van der Waals surface area contributed by atoms with Crippen molar-refractivity contribution in [2.24, 2.45) is 5.41 Å². The summed E-state index contributed by atoms with van der Waals surface area (Å²) in [6.07, 6.45) is 3.20. The first kappa shape index (κ1) is 19.1. The topological polar surface area (TPSA) is 73.2 Å². The summed E-state index contributed by atoms with van der Waals surface area (Å²) in [5.74, 6) is -0.298. The van der Waals surface area contributed by atoms with Gasteiger partial charge in [-0.05, 0) is 51.7 Å². The van der Waals surface area contributed by atoms with E-state index in [0.717, 1.165) is 19.4 Å². The lowest BCUT2D eigenvalue weighted by Crippen LogP contribution is -2.59. The Morgan fingerprint density at radius 1 is 1.38 bits per heavy atom. The van der Waals surface area contributed by atoms with E-state index in [2.05, 4.69) is 32.2 Å². The predicted molar refractivity (Wildman–Crippen MR) is 96.4 cm³/mol. The summed E-state index contributed by atoms with van der Waals surface area (Å²) in [6.45, 7) is 11.0. The van der Waals surface area contributed by atoms with Crippen LogP contribution in [-0.4, -0.2) is 45.3 Å². The first-order valence-corrected chi connectivity index (χ1v) is 9.71. The van der Waals surface area contributed by atoms with E-state index in [1.54, 1.807) is 11.8 Å². The normalized spacial score (nSPS) is 23.7. The lowest BCUT2D eigenvalue weighted by atomic mass is 9.99. The van der Waals surface area contributed by atoms with E-state index >= 15 is 0 Å². The molecule has 1 aliphatic heterocycles. The molecule has 6 heteroatoms. The molecule has 0 aromatic carbocycles. The van der Waals surface area contributed by atoms with Gasteiger partial charge in [0.2, 0.25) is 11.8 Å². The average Bonchev–Trinajstić information content (AvgIpc) is 3.17. The molecule has 0 aromatic rings. The summed E-state index contributed by atoms with van der Waals surface area (Å²) in [4.78, 5) is 27.6. The second-order valence-corrected chi connectivity index (χ2v) is 10.1. The second kappa shape index (κ2) is 6.95. The fourth-order valence-corrected chi connectivity index (χ4v) is 4.93. The molecule has 2 unspecified atom stereocenters. The summed E-state index contributed by atoms with van der Waals surface area (Å²) < 4.78 is -0.436. The van der Waals surface area contributed by atoms with Gasteiger partial charge in [0.15, 0.2) is 0 Å². The highest BCUT2D eigenvalue weighted by Gasteiger charge is 2.53. The minimum absolute atomic E-state index is 0.0137. The lowest BCUT2D eigenvalue weighted by Gasteiger charge is -2.38. The van der Waals surface area contributed by atoms with E-state index in [1.165, 1.54) is 0 Å². The number of carbonyl (C=O) groups excluding carboxylic acids is 2. The Hall–Kier alpha value is -1.22. The summed E-state index contributed by atoms with van der Waals surface area (Å²) in [5, 5.41) is 12.6. The van der Waals surface area contributed by atoms with Gasteiger partial charge in [0.25, 0.3) is 0 Å². The van der Waals surface area contributed by atoms with Crippen LogP contribution in [0.5, 0.6) is 0 Å². The maximum Gasteiger partial charge on any atom is 0.246 e. The second-order valence-electron chi connectivity index (χ2n) is 7.89. The van der Waals surface area contributed by atoms with Crippen molar-refractivity contribution in [2.75, 3.05) is 6.54 Å². The van der Waals surface area contributed by atoms with Gasteiger partial charge in [-0.25, -0.2) is 0 Å². The van der Waals surface area contributed by atoms with Crippen LogP contribution in [0.4, 0.5) is 0 Å². The van der Waals surface area contributed by atoms with Crippen molar-refractivity contribution < 1.29 is 9.59 Å². The van der Waals surface area contributed by atoms with E-state index in [4.69, 9.17) is 0 Å². The molecule has 5 nitrogen and oxygen atoms in total. The number of nitriles is 1. The summed E-state index contributed by atoms with van der Waals surface area (Å²) in [7, 11) is 0. The van der Waals surface area contributed by atoms with Crippen LogP contribution >= 0.6 is 11.8 Å². The molecule has 0 bridgehead atoms. The van der Waals surface area contributed by atoms with Gasteiger partial charge in [-0.1, -0.05) is 13.8 Å². The molecule has 0 aromatic heterocycles. The smallest absolute Gasteiger partial charge is 0.246 e. The fourth-order valence-electron chi connectivity index (χ4n) is 3.42. The summed E-state index contributed by atoms with van der Waals surface area (Å²) in [6, 6.07) is 1.73. The van der Waals surface area contributed by atoms with Crippen LogP contribution in [0.3, 0.4) is 0 Å². The lowest BCUT2D eigenvalue weighted by molar-refractivity contribution is -0.138. The number of hydrogen-bond donors (Lipinski definition) is 1. The highest BCUT2D eigenvalue weighted by atomic mass is 32.2. The van der Waals surface area contributed by atoms with Crippen molar-refractivity contribution in [3.05, 3.63) is 0 Å². The summed E-state index contributed by atoms with van der Waals surface area (Å²) >= 11 is 1.69. The number of thioether (sulfide) groups is 1. The van der Waals surface area contributed by atoms with E-state index in [-0.39, 0.29) is 17.9 Å². The van der Waals surface area contributed by atoms with Crippen molar-refractivity contribution >= 4 is 23.6 Å². The molecule has 0 radical (unpaired) electrons. The molecule has 2 aliphatic rings. The van der Waals surface area contributed by atoms with Crippen molar-refractivity contribution in [3.63, 3.8) is 0 Å². The van der Waals surface area contributed by atoms with Crippen LogP contribution in [0.15, 0.2) is 0 Å². The molecule has 24 heavy (non-hydrogen) atoms. The molecule has 1 heterocycles. The van der Waals surface area contributed by atoms with Gasteiger partial charge in [0.1, 0.15) is 11.5 Å². The molecule has 134 valence electrons. The van der Waals surface area contributed by atoms with Crippen LogP contribution in [-0.2, 0) is 9.59 Å². The molecular formula is C18H29N3O2S. The Labute approximate surface area is 149 Å². The monoisotopic (exact) mass is 351 g/mol. The number of nitrogens with one attached hydrogen (secondary N) is 1. The van der Waals surface area contributed by atoms with Crippen LogP contribution in [0.25, 0.3) is 0 Å². The molecule has 1 saturated heterocycles. The zero-order chi connectivity index (χ0) is 18.1. The minimum atomic E-state index is -0.909. The zero-order valence-electron chi connectivity index (χ0n) is 15.4. The molecule has 1 aliphatic carbocycles. The quantitative estimate of drug-likeness (QED) is 0.798. The maximum absolute atomic E-state index is 13.2. The molecule has 2 fully saturated rings. The van der Waals surface area contributed by atoms with E-state index < -0.39 is 16.2 Å². The molecule has 2 amide bonds. The average molecular weight is 352 g/mol. The number of hydrogen-bond acceptors (Lipinski definition) is 4. The number of nitrogens with zero attached hydrogens (tertiary/aromatic N) is 2. The van der Waals surface area contributed by atoms with Crippen LogP contribution in [0, 0.1) is 16.7 Å². The largest absolute Gasteiger partial charge is 0.342 e. The van der Waals surface area contributed by atoms with E-state index in [9.17, 15) is 14.9 Å². The van der Waals surface area contributed by atoms with Crippen LogP contribution in [0.2, 0.25) is 0 Å². The Balaban J connectivity index is 2.22. The summed E-state index contributed by atoms with van der Waals surface area (Å²) in [5.41, 5.74) is -0.909. The number of amides is 2. The van der Waals surface area contributed by atoms with Gasteiger partial charge in [-0.2, -0.15) is 17.0 Å². The third-order valence-corrected chi connectivity index (χ3v) is 6.31. The highest BCUT2D eigenvalue weighted by molar-refractivity contribution is 8.01. The minimum Gasteiger partial charge on any atom is -0.342 e. The third-order valence-electron chi connectivity index (χ3n) is 4.99. The Bertz CT molecular complexity index is 549. The Morgan fingerprint density at radius 3 is 2.42 bits per heavy atom. The molecular weight excluding hydrogens is 322 g/mol. The van der Waals surface area contributed by atoms with Gasteiger partial charge < -0.3 is 10.2 Å². The fraction of sp³-hybridized carbons (Fsp3) is 0.833. The van der Waals surface area contributed by atoms with Gasteiger partial charge in [0, 0.05) is 17.3 Å². The third kappa shape index (κ3) is 3.88. The molecule has 2 rings (SSSR count). The number of likely N-dealkylation sites (tertiary alicyclic amines) is 1. The SMILES string of the molecule is CC(C)SC(C)(C)C(NC(=O)C1(C#N)CC1)C(=O)N1CCCC1C. The molecule has 2 atom stereocenters. The zero-order valence-corrected chi connectivity index (χ0v) is 16.2. The van der Waals surface area contributed by atoms with Gasteiger partial charge in [0.05, 0.1) is 6.07 Å². The van der Waals surface area contributed by atoms with Crippen molar-refractivity contribution in [2.45, 2.75) is 82.4 Å². The van der Waals surface area contributed by atoms with Crippen LogP contribution in [0.1, 0.15) is 60.3 Å². The van der Waals surface area contributed by atoms with Crippen molar-refractivity contribution in [1.82, 2.24) is 10.2 Å². The number of rotatable bonds is 6. The Morgan fingerprint density at radius 2 is 2.00 bits per heavy atom. The van der Waals surface area contributed by atoms with E-state index in [0.29, 0.717) is 18.1 Å². The van der Waals surface area contributed by atoms with Crippen LogP contribution < -0.4 is 5.32 Å². The van der Waals surface area contributed by atoms with Crippen molar-refractivity contribution in [1.29, 1.82) is 5.26 Å². The van der Waals surface area contributed by atoms with Gasteiger partial charge in [-0.3, -0.25) is 9.59 Å². The van der Waals surface area contributed by atoms with Gasteiger partial charge in [-0.15, -0.1) is 0 Å².